The third kappa shape index (κ3) is 6.24. The lowest BCUT2D eigenvalue weighted by Gasteiger charge is -2.26. The lowest BCUT2D eigenvalue weighted by molar-refractivity contribution is -0.120. The van der Waals surface area contributed by atoms with Gasteiger partial charge >= 0.3 is 0 Å². The van der Waals surface area contributed by atoms with Crippen LogP contribution in [0.5, 0.6) is 0 Å². The van der Waals surface area contributed by atoms with Gasteiger partial charge in [-0.05, 0) is 68.6 Å². The summed E-state index contributed by atoms with van der Waals surface area (Å²) in [5.74, 6) is 0.700. The van der Waals surface area contributed by atoms with E-state index in [1.54, 1.807) is 12.1 Å². The number of aromatic nitrogens is 3. The second-order valence-electron chi connectivity index (χ2n) is 8.86. The van der Waals surface area contributed by atoms with Gasteiger partial charge in [0.25, 0.3) is 0 Å². The molecule has 0 spiro atoms. The third-order valence-electron chi connectivity index (χ3n) is 6.20. The molecular weight excluding hydrogens is 449 g/mol. The molecule has 1 fully saturated rings. The van der Waals surface area contributed by atoms with Crippen molar-refractivity contribution in [2.45, 2.75) is 56.0 Å². The fraction of sp³-hybridized carbons (Fsp3) is 0.423. The van der Waals surface area contributed by atoms with E-state index < -0.39 is 0 Å². The Morgan fingerprint density at radius 3 is 2.44 bits per heavy atom. The Bertz CT molecular complexity index is 1070. The van der Waals surface area contributed by atoms with Gasteiger partial charge < -0.3 is 5.32 Å². The van der Waals surface area contributed by atoms with Gasteiger partial charge in [-0.15, -0.1) is 10.2 Å². The van der Waals surface area contributed by atoms with Gasteiger partial charge in [0.05, 0.1) is 11.8 Å². The van der Waals surface area contributed by atoms with Crippen LogP contribution in [0.2, 0.25) is 0 Å². The number of carbonyl (C=O) groups excluding carboxylic acids is 1. The summed E-state index contributed by atoms with van der Waals surface area (Å²) in [6.45, 7) is 7.31. The van der Waals surface area contributed by atoms with Gasteiger partial charge in [0.1, 0.15) is 5.82 Å². The number of carbonyl (C=O) groups is 1. The van der Waals surface area contributed by atoms with Crippen molar-refractivity contribution >= 4 is 17.7 Å². The molecule has 1 amide bonds. The zero-order valence-electron chi connectivity index (χ0n) is 19.8. The molecule has 0 bridgehead atoms. The van der Waals surface area contributed by atoms with E-state index in [2.05, 4.69) is 39.5 Å². The van der Waals surface area contributed by atoms with Crippen LogP contribution in [0.25, 0.3) is 5.69 Å². The van der Waals surface area contributed by atoms with E-state index in [1.165, 1.54) is 48.7 Å². The lowest BCUT2D eigenvalue weighted by Crippen LogP contribution is -2.33. The monoisotopic (exact) mass is 481 g/mol. The number of likely N-dealkylation sites (tertiary alicyclic amines) is 1. The van der Waals surface area contributed by atoms with Gasteiger partial charge in [0.15, 0.2) is 11.0 Å². The number of amides is 1. The van der Waals surface area contributed by atoms with E-state index in [1.807, 2.05) is 29.7 Å². The van der Waals surface area contributed by atoms with Crippen molar-refractivity contribution in [3.63, 3.8) is 0 Å². The average molecular weight is 482 g/mol. The zero-order chi connectivity index (χ0) is 23.9. The molecule has 2 unspecified atom stereocenters. The summed E-state index contributed by atoms with van der Waals surface area (Å²) < 4.78 is 15.5. The smallest absolute Gasteiger partial charge is 0.233 e. The van der Waals surface area contributed by atoms with Crippen molar-refractivity contribution in [1.82, 2.24) is 25.0 Å². The maximum atomic E-state index is 13.6. The Hall–Kier alpha value is -2.71. The molecular formula is C26H32FN5OS. The predicted octanol–water partition coefficient (Wildman–Crippen LogP) is 4.79. The van der Waals surface area contributed by atoms with Crippen molar-refractivity contribution in [2.24, 2.45) is 0 Å². The molecule has 34 heavy (non-hydrogen) atoms. The Morgan fingerprint density at radius 1 is 1.03 bits per heavy atom. The number of rotatable bonds is 9. The highest BCUT2D eigenvalue weighted by atomic mass is 32.2. The summed E-state index contributed by atoms with van der Waals surface area (Å²) in [4.78, 5) is 15.2. The van der Waals surface area contributed by atoms with Crippen molar-refractivity contribution in [3.05, 3.63) is 71.8 Å². The molecule has 8 heteroatoms. The number of hydrogen-bond acceptors (Lipinski definition) is 5. The van der Waals surface area contributed by atoms with Crippen LogP contribution in [-0.2, 0) is 11.3 Å². The minimum Gasteiger partial charge on any atom is -0.355 e. The van der Waals surface area contributed by atoms with Crippen LogP contribution in [0.15, 0.2) is 59.8 Å². The molecule has 180 valence electrons. The summed E-state index contributed by atoms with van der Waals surface area (Å²) in [5.41, 5.74) is 1.99. The van der Waals surface area contributed by atoms with Gasteiger partial charge in [-0.25, -0.2) is 4.39 Å². The summed E-state index contributed by atoms with van der Waals surface area (Å²) in [7, 11) is 0. The molecule has 1 saturated heterocycles. The molecule has 1 aliphatic rings. The third-order valence-corrected chi connectivity index (χ3v) is 7.24. The first kappa shape index (κ1) is 24.4. The number of hydrogen-bond donors (Lipinski definition) is 1. The van der Waals surface area contributed by atoms with E-state index in [0.29, 0.717) is 18.2 Å². The topological polar surface area (TPSA) is 63.1 Å². The average Bonchev–Trinajstić information content (AvgIpc) is 3.25. The minimum absolute atomic E-state index is 0.0426. The van der Waals surface area contributed by atoms with Gasteiger partial charge in [-0.1, -0.05) is 55.4 Å². The van der Waals surface area contributed by atoms with Crippen molar-refractivity contribution in [1.29, 1.82) is 0 Å². The number of thioether (sulfide) groups is 1. The van der Waals surface area contributed by atoms with E-state index in [-0.39, 0.29) is 22.9 Å². The maximum Gasteiger partial charge on any atom is 0.233 e. The second kappa shape index (κ2) is 11.6. The molecule has 2 atom stereocenters. The Labute approximate surface area is 205 Å². The molecule has 4 rings (SSSR count). The quantitative estimate of drug-likeness (QED) is 0.445. The highest BCUT2D eigenvalue weighted by Gasteiger charge is 2.23. The number of nitrogens with one attached hydrogen (secondary N) is 1. The summed E-state index contributed by atoms with van der Waals surface area (Å²) >= 11 is 1.37. The van der Waals surface area contributed by atoms with E-state index in [0.717, 1.165) is 24.6 Å². The molecule has 0 aliphatic carbocycles. The molecule has 0 radical (unpaired) electrons. The molecule has 2 aromatic carbocycles. The summed E-state index contributed by atoms with van der Waals surface area (Å²) in [5, 5.41) is 12.2. The van der Waals surface area contributed by atoms with Crippen LogP contribution < -0.4 is 5.32 Å². The number of nitrogens with zero attached hydrogens (tertiary/aromatic N) is 4. The largest absolute Gasteiger partial charge is 0.355 e. The fourth-order valence-corrected chi connectivity index (χ4v) is 5.07. The minimum atomic E-state index is -0.353. The Balaban J connectivity index is 1.46. The van der Waals surface area contributed by atoms with Gasteiger partial charge in [0.2, 0.25) is 5.91 Å². The lowest BCUT2D eigenvalue weighted by atomic mass is 10.0. The van der Waals surface area contributed by atoms with Crippen LogP contribution >= 0.6 is 11.8 Å². The predicted molar refractivity (Wildman–Crippen MR) is 134 cm³/mol. The van der Waals surface area contributed by atoms with Gasteiger partial charge in [-0.3, -0.25) is 14.3 Å². The summed E-state index contributed by atoms with van der Waals surface area (Å²) in [6, 6.07) is 16.5. The number of piperidine rings is 1. The van der Waals surface area contributed by atoms with Gasteiger partial charge in [0, 0.05) is 12.2 Å². The molecule has 1 N–H and O–H groups in total. The Morgan fingerprint density at radius 2 is 1.74 bits per heavy atom. The zero-order valence-corrected chi connectivity index (χ0v) is 20.6. The van der Waals surface area contributed by atoms with Gasteiger partial charge in [-0.2, -0.15) is 0 Å². The molecule has 2 heterocycles. The standard InChI is InChI=1S/C26H32FN5OS/c1-19(21-9-5-3-6-10-21)17-28-25(33)20(2)34-26-30-29-24(18-31-15-7-4-8-16-31)32(26)23-13-11-22(27)12-14-23/h3,5-6,9-14,19-20H,4,7-8,15-18H2,1-2H3,(H,28,33). The molecule has 1 aromatic heterocycles. The maximum absolute atomic E-state index is 13.6. The number of halogens is 1. The first-order chi connectivity index (χ1) is 16.5. The van der Waals surface area contributed by atoms with Crippen LogP contribution in [0.1, 0.15) is 50.4 Å². The van der Waals surface area contributed by atoms with Crippen molar-refractivity contribution in [2.75, 3.05) is 19.6 Å². The van der Waals surface area contributed by atoms with Crippen molar-refractivity contribution < 1.29 is 9.18 Å². The highest BCUT2D eigenvalue weighted by Crippen LogP contribution is 2.27. The van der Waals surface area contributed by atoms with E-state index in [9.17, 15) is 9.18 Å². The van der Waals surface area contributed by atoms with Crippen LogP contribution in [0.3, 0.4) is 0 Å². The SMILES string of the molecule is CC(Sc1nnc(CN2CCCCC2)n1-c1ccc(F)cc1)C(=O)NCC(C)c1ccccc1. The van der Waals surface area contributed by atoms with Crippen LogP contribution in [0.4, 0.5) is 4.39 Å². The second-order valence-corrected chi connectivity index (χ2v) is 10.2. The van der Waals surface area contributed by atoms with E-state index in [4.69, 9.17) is 0 Å². The number of benzene rings is 2. The van der Waals surface area contributed by atoms with E-state index >= 15 is 0 Å². The Kier molecular flexibility index (Phi) is 8.34. The molecule has 1 aliphatic heterocycles. The first-order valence-corrected chi connectivity index (χ1v) is 12.8. The summed E-state index contributed by atoms with van der Waals surface area (Å²) in [6.07, 6.45) is 3.63. The van der Waals surface area contributed by atoms with Crippen LogP contribution in [-0.4, -0.2) is 50.5 Å². The van der Waals surface area contributed by atoms with Crippen LogP contribution in [0, 0.1) is 5.82 Å². The normalized spacial score (nSPS) is 16.2. The van der Waals surface area contributed by atoms with Crippen molar-refractivity contribution in [3.8, 4) is 5.69 Å². The molecule has 6 nitrogen and oxygen atoms in total. The molecule has 3 aromatic rings. The fourth-order valence-electron chi connectivity index (χ4n) is 4.15. The first-order valence-electron chi connectivity index (χ1n) is 11.9. The highest BCUT2D eigenvalue weighted by molar-refractivity contribution is 8.00. The molecule has 0 saturated carbocycles.